The highest BCUT2D eigenvalue weighted by Gasteiger charge is 2.62. The SMILES string of the molecule is CCOC(=O)C1=C(N)Oc2c(c(C)nn2-c2ccccc2)C12C(=O)N(c1ccccc1)N=C2C. The molecule has 1 aromatic heterocycles. The second-order valence-electron chi connectivity index (χ2n) is 7.96. The molecule has 172 valence electrons. The first kappa shape index (κ1) is 21.4. The molecular formula is C25H23N5O4. The number of hydrogen-bond donors (Lipinski definition) is 1. The zero-order chi connectivity index (χ0) is 24.0. The van der Waals surface area contributed by atoms with Crippen molar-refractivity contribution in [1.29, 1.82) is 0 Å². The summed E-state index contributed by atoms with van der Waals surface area (Å²) in [6.07, 6.45) is 0. The molecule has 34 heavy (non-hydrogen) atoms. The summed E-state index contributed by atoms with van der Waals surface area (Å²) in [6.45, 7) is 5.25. The second-order valence-corrected chi connectivity index (χ2v) is 7.96. The Balaban J connectivity index is 1.80. The summed E-state index contributed by atoms with van der Waals surface area (Å²) in [5, 5.41) is 10.5. The molecule has 2 N–H and O–H groups in total. The van der Waals surface area contributed by atoms with E-state index in [1.807, 2.05) is 48.5 Å². The van der Waals surface area contributed by atoms with Crippen molar-refractivity contribution in [3.05, 3.63) is 83.4 Å². The smallest absolute Gasteiger partial charge is 0.341 e. The number of amides is 1. The molecule has 3 aromatic rings. The van der Waals surface area contributed by atoms with Crippen LogP contribution in [0.4, 0.5) is 5.69 Å². The van der Waals surface area contributed by atoms with Gasteiger partial charge in [0.1, 0.15) is 5.57 Å². The predicted octanol–water partition coefficient (Wildman–Crippen LogP) is 2.97. The summed E-state index contributed by atoms with van der Waals surface area (Å²) in [5.41, 5.74) is 7.16. The van der Waals surface area contributed by atoms with Gasteiger partial charge in [0.15, 0.2) is 5.41 Å². The van der Waals surface area contributed by atoms with E-state index in [-0.39, 0.29) is 23.9 Å². The third kappa shape index (κ3) is 2.86. The molecule has 0 bridgehead atoms. The van der Waals surface area contributed by atoms with Gasteiger partial charge in [0.25, 0.3) is 5.91 Å². The van der Waals surface area contributed by atoms with Crippen LogP contribution in [0.2, 0.25) is 0 Å². The number of esters is 1. The Morgan fingerprint density at radius 2 is 1.68 bits per heavy atom. The molecule has 9 nitrogen and oxygen atoms in total. The molecule has 0 radical (unpaired) electrons. The predicted molar refractivity (Wildman–Crippen MR) is 125 cm³/mol. The summed E-state index contributed by atoms with van der Waals surface area (Å²) in [5.74, 6) is -1.16. The number of fused-ring (bicyclic) bond motifs is 2. The van der Waals surface area contributed by atoms with E-state index in [4.69, 9.17) is 15.2 Å². The minimum atomic E-state index is -1.64. The Morgan fingerprint density at radius 1 is 1.06 bits per heavy atom. The molecule has 1 unspecified atom stereocenters. The molecule has 0 saturated carbocycles. The number of benzene rings is 2. The highest BCUT2D eigenvalue weighted by Crippen LogP contribution is 2.51. The highest BCUT2D eigenvalue weighted by atomic mass is 16.5. The van der Waals surface area contributed by atoms with E-state index < -0.39 is 17.3 Å². The van der Waals surface area contributed by atoms with Gasteiger partial charge in [0, 0.05) is 0 Å². The molecule has 2 aromatic carbocycles. The van der Waals surface area contributed by atoms with Gasteiger partial charge in [-0.25, -0.2) is 9.48 Å². The topological polar surface area (TPSA) is 112 Å². The van der Waals surface area contributed by atoms with Crippen LogP contribution in [-0.4, -0.2) is 34.0 Å². The largest absolute Gasteiger partial charge is 0.462 e. The third-order valence-electron chi connectivity index (χ3n) is 6.01. The lowest BCUT2D eigenvalue weighted by atomic mass is 9.69. The van der Waals surface area contributed by atoms with Crippen LogP contribution in [0.1, 0.15) is 25.1 Å². The molecule has 1 atom stereocenters. The van der Waals surface area contributed by atoms with Crippen molar-refractivity contribution in [2.24, 2.45) is 10.8 Å². The molecule has 2 aliphatic rings. The minimum Gasteiger partial charge on any atom is -0.462 e. The maximum atomic E-state index is 14.2. The number of carbonyl (C=O) groups excluding carboxylic acids is 2. The van der Waals surface area contributed by atoms with Crippen LogP contribution >= 0.6 is 0 Å². The fourth-order valence-electron chi connectivity index (χ4n) is 4.60. The lowest BCUT2D eigenvalue weighted by Gasteiger charge is -2.34. The van der Waals surface area contributed by atoms with Crippen molar-refractivity contribution in [2.75, 3.05) is 11.6 Å². The molecular weight excluding hydrogens is 434 g/mol. The molecule has 5 rings (SSSR count). The van der Waals surface area contributed by atoms with Crippen LogP contribution in [0, 0.1) is 6.92 Å². The Bertz CT molecular complexity index is 1360. The zero-order valence-electron chi connectivity index (χ0n) is 19.0. The molecule has 0 saturated heterocycles. The Labute approximate surface area is 196 Å². The van der Waals surface area contributed by atoms with Gasteiger partial charge in [0.05, 0.1) is 35.0 Å². The summed E-state index contributed by atoms with van der Waals surface area (Å²) in [4.78, 5) is 27.4. The number of hydrazone groups is 1. The summed E-state index contributed by atoms with van der Waals surface area (Å²) in [6, 6.07) is 18.3. The number of aromatic nitrogens is 2. The molecule has 1 amide bonds. The lowest BCUT2D eigenvalue weighted by molar-refractivity contribution is -0.140. The summed E-state index contributed by atoms with van der Waals surface area (Å²) >= 11 is 0. The number of rotatable bonds is 4. The van der Waals surface area contributed by atoms with Crippen LogP contribution in [0.25, 0.3) is 5.69 Å². The maximum Gasteiger partial charge on any atom is 0.341 e. The van der Waals surface area contributed by atoms with Crippen molar-refractivity contribution in [3.8, 4) is 11.6 Å². The number of anilines is 1. The van der Waals surface area contributed by atoms with Crippen molar-refractivity contribution in [2.45, 2.75) is 26.2 Å². The molecule has 1 spiro atoms. The van der Waals surface area contributed by atoms with Gasteiger partial charge in [-0.05, 0) is 45.0 Å². The number of ether oxygens (including phenoxy) is 2. The van der Waals surface area contributed by atoms with Crippen LogP contribution in [0.15, 0.2) is 77.2 Å². The first-order chi connectivity index (χ1) is 16.4. The lowest BCUT2D eigenvalue weighted by Crippen LogP contribution is -2.51. The third-order valence-corrected chi connectivity index (χ3v) is 6.01. The monoisotopic (exact) mass is 457 g/mol. The van der Waals surface area contributed by atoms with Gasteiger partial charge in [-0.15, -0.1) is 0 Å². The Morgan fingerprint density at radius 3 is 2.29 bits per heavy atom. The van der Waals surface area contributed by atoms with E-state index in [1.54, 1.807) is 37.6 Å². The van der Waals surface area contributed by atoms with Crippen LogP contribution in [0.3, 0.4) is 0 Å². The summed E-state index contributed by atoms with van der Waals surface area (Å²) < 4.78 is 12.9. The fourth-order valence-corrected chi connectivity index (χ4v) is 4.60. The molecule has 0 fully saturated rings. The first-order valence-electron chi connectivity index (χ1n) is 10.9. The van der Waals surface area contributed by atoms with E-state index in [2.05, 4.69) is 10.2 Å². The van der Waals surface area contributed by atoms with Crippen molar-refractivity contribution in [3.63, 3.8) is 0 Å². The van der Waals surface area contributed by atoms with Crippen LogP contribution < -0.4 is 15.5 Å². The number of aryl methyl sites for hydroxylation is 1. The van der Waals surface area contributed by atoms with Crippen molar-refractivity contribution >= 4 is 23.3 Å². The van der Waals surface area contributed by atoms with Crippen LogP contribution in [-0.2, 0) is 19.7 Å². The van der Waals surface area contributed by atoms with Crippen LogP contribution in [0.5, 0.6) is 5.88 Å². The van der Waals surface area contributed by atoms with Crippen molar-refractivity contribution in [1.82, 2.24) is 9.78 Å². The number of para-hydroxylation sites is 2. The maximum absolute atomic E-state index is 14.2. The second kappa shape index (κ2) is 7.87. The number of carbonyl (C=O) groups is 2. The van der Waals surface area contributed by atoms with E-state index in [9.17, 15) is 9.59 Å². The Hall–Kier alpha value is -4.40. The number of nitrogens with two attached hydrogens (primary N) is 1. The average Bonchev–Trinajstić information content (AvgIpc) is 3.30. The van der Waals surface area contributed by atoms with Gasteiger partial charge < -0.3 is 15.2 Å². The van der Waals surface area contributed by atoms with Gasteiger partial charge in [-0.1, -0.05) is 36.4 Å². The van der Waals surface area contributed by atoms with E-state index in [0.717, 1.165) is 0 Å². The quantitative estimate of drug-likeness (QED) is 0.603. The van der Waals surface area contributed by atoms with Gasteiger partial charge in [-0.3, -0.25) is 4.79 Å². The highest BCUT2D eigenvalue weighted by molar-refractivity contribution is 6.29. The molecule has 0 aliphatic carbocycles. The van der Waals surface area contributed by atoms with Gasteiger partial charge >= 0.3 is 5.97 Å². The molecule has 3 heterocycles. The average molecular weight is 457 g/mol. The summed E-state index contributed by atoms with van der Waals surface area (Å²) in [7, 11) is 0. The standard InChI is InChI=1S/C25H23N5O4/c1-4-33-23(31)20-21(26)34-22-19(15(2)27-29(22)17-11-7-5-8-12-17)25(20)16(3)28-30(24(25)32)18-13-9-6-10-14-18/h5-14H,4,26H2,1-3H3. The van der Waals surface area contributed by atoms with Gasteiger partial charge in [0.2, 0.25) is 11.8 Å². The molecule has 9 heteroatoms. The molecule has 2 aliphatic heterocycles. The zero-order valence-corrected chi connectivity index (χ0v) is 19.0. The number of hydrogen-bond acceptors (Lipinski definition) is 7. The number of nitrogens with zero attached hydrogens (tertiary/aromatic N) is 4. The van der Waals surface area contributed by atoms with E-state index in [1.165, 1.54) is 5.01 Å². The fraction of sp³-hybridized carbons (Fsp3) is 0.200. The Kier molecular flexibility index (Phi) is 4.97. The van der Waals surface area contributed by atoms with E-state index in [0.29, 0.717) is 28.3 Å². The first-order valence-corrected chi connectivity index (χ1v) is 10.9. The van der Waals surface area contributed by atoms with E-state index >= 15 is 0 Å². The minimum absolute atomic E-state index is 0.0951. The van der Waals surface area contributed by atoms with Gasteiger partial charge in [-0.2, -0.15) is 15.2 Å². The van der Waals surface area contributed by atoms with Crippen molar-refractivity contribution < 1.29 is 19.1 Å². The normalized spacial score (nSPS) is 19.2.